The molecule has 176 valence electrons. The molecular formula is C23H19Cl2N3O5S. The maximum absolute atomic E-state index is 12.6. The second kappa shape index (κ2) is 11.7. The van der Waals surface area contributed by atoms with Gasteiger partial charge in [0.2, 0.25) is 5.91 Å². The van der Waals surface area contributed by atoms with Crippen molar-refractivity contribution in [1.29, 1.82) is 0 Å². The maximum Gasteiger partial charge on any atom is 0.283 e. The normalized spacial score (nSPS) is 10.4. The Bertz CT molecular complexity index is 1240. The van der Waals surface area contributed by atoms with Gasteiger partial charge in [0.1, 0.15) is 5.75 Å². The van der Waals surface area contributed by atoms with Gasteiger partial charge in [-0.05, 0) is 42.0 Å². The summed E-state index contributed by atoms with van der Waals surface area (Å²) in [6, 6.07) is 15.9. The van der Waals surface area contributed by atoms with E-state index in [1.807, 2.05) is 0 Å². The first-order valence-electron chi connectivity index (χ1n) is 9.84. The average molecular weight is 520 g/mol. The number of ether oxygens (including phenoxy) is 1. The van der Waals surface area contributed by atoms with Crippen molar-refractivity contribution in [3.63, 3.8) is 0 Å². The van der Waals surface area contributed by atoms with Gasteiger partial charge in [-0.1, -0.05) is 41.4 Å². The zero-order valence-electron chi connectivity index (χ0n) is 17.8. The summed E-state index contributed by atoms with van der Waals surface area (Å²) in [6.45, 7) is 0.237. The first-order chi connectivity index (χ1) is 16.3. The summed E-state index contributed by atoms with van der Waals surface area (Å²) in [5.74, 6) is -0.425. The van der Waals surface area contributed by atoms with Gasteiger partial charge >= 0.3 is 0 Å². The van der Waals surface area contributed by atoms with Crippen LogP contribution in [0.25, 0.3) is 0 Å². The number of nitro benzene ring substituents is 1. The summed E-state index contributed by atoms with van der Waals surface area (Å²) in [5, 5.41) is 17.8. The standard InChI is InChI=1S/C23H19Cl2N3O5S/c1-33-20-5-3-2-4-18(20)27-23(30)15-7-9-21(19(11-15)28(31)32)34-13-22(29)26-12-14-6-8-16(24)17(25)10-14/h2-11H,12-13H2,1H3,(H,26,29)(H,27,30). The molecule has 0 atom stereocenters. The van der Waals surface area contributed by atoms with Gasteiger partial charge in [0.05, 0.1) is 38.4 Å². The Labute approximate surface area is 209 Å². The van der Waals surface area contributed by atoms with E-state index in [-0.39, 0.29) is 34.4 Å². The van der Waals surface area contributed by atoms with Crippen molar-refractivity contribution in [1.82, 2.24) is 5.32 Å². The molecule has 0 aliphatic carbocycles. The van der Waals surface area contributed by atoms with Crippen molar-refractivity contribution in [2.24, 2.45) is 0 Å². The van der Waals surface area contributed by atoms with Crippen LogP contribution in [0.2, 0.25) is 10.0 Å². The van der Waals surface area contributed by atoms with Crippen LogP contribution in [0, 0.1) is 10.1 Å². The van der Waals surface area contributed by atoms with Crippen LogP contribution in [0.1, 0.15) is 15.9 Å². The second-order valence-corrected chi connectivity index (χ2v) is 8.74. The molecule has 0 unspecified atom stereocenters. The van der Waals surface area contributed by atoms with Gasteiger partial charge in [-0.25, -0.2) is 0 Å². The summed E-state index contributed by atoms with van der Waals surface area (Å²) in [6.07, 6.45) is 0. The lowest BCUT2D eigenvalue weighted by Gasteiger charge is -2.10. The molecule has 0 radical (unpaired) electrons. The molecule has 0 heterocycles. The summed E-state index contributed by atoms with van der Waals surface area (Å²) in [4.78, 5) is 36.1. The number of nitrogens with one attached hydrogen (secondary N) is 2. The number of thioether (sulfide) groups is 1. The minimum atomic E-state index is -0.587. The number of methoxy groups -OCH3 is 1. The van der Waals surface area contributed by atoms with E-state index in [4.69, 9.17) is 27.9 Å². The molecule has 3 aromatic carbocycles. The third-order valence-corrected chi connectivity index (χ3v) is 6.41. The monoisotopic (exact) mass is 519 g/mol. The van der Waals surface area contributed by atoms with Gasteiger partial charge in [0.25, 0.3) is 11.6 Å². The Morgan fingerprint density at radius 1 is 1.06 bits per heavy atom. The largest absolute Gasteiger partial charge is 0.495 e. The van der Waals surface area contributed by atoms with Crippen molar-refractivity contribution < 1.29 is 19.2 Å². The van der Waals surface area contributed by atoms with Crippen molar-refractivity contribution in [2.75, 3.05) is 18.2 Å². The number of benzene rings is 3. The van der Waals surface area contributed by atoms with Crippen LogP contribution in [0.15, 0.2) is 65.6 Å². The number of hydrogen-bond acceptors (Lipinski definition) is 6. The molecular weight excluding hydrogens is 501 g/mol. The third-order valence-electron chi connectivity index (χ3n) is 4.61. The number of hydrogen-bond donors (Lipinski definition) is 2. The molecule has 2 N–H and O–H groups in total. The van der Waals surface area contributed by atoms with Crippen LogP contribution in [0.5, 0.6) is 5.75 Å². The van der Waals surface area contributed by atoms with Gasteiger partial charge in [-0.15, -0.1) is 11.8 Å². The highest BCUT2D eigenvalue weighted by atomic mass is 35.5. The minimum absolute atomic E-state index is 0.0467. The Hall–Kier alpha value is -3.27. The Morgan fingerprint density at radius 3 is 2.53 bits per heavy atom. The fourth-order valence-electron chi connectivity index (χ4n) is 2.91. The maximum atomic E-state index is 12.6. The topological polar surface area (TPSA) is 111 Å². The van der Waals surface area contributed by atoms with Crippen molar-refractivity contribution in [3.8, 4) is 5.75 Å². The summed E-state index contributed by atoms with van der Waals surface area (Å²) >= 11 is 12.8. The van der Waals surface area contributed by atoms with Crippen molar-refractivity contribution in [2.45, 2.75) is 11.4 Å². The average Bonchev–Trinajstić information content (AvgIpc) is 2.83. The van der Waals surface area contributed by atoms with E-state index in [0.29, 0.717) is 21.5 Å². The van der Waals surface area contributed by atoms with Crippen LogP contribution < -0.4 is 15.4 Å². The van der Waals surface area contributed by atoms with E-state index >= 15 is 0 Å². The van der Waals surface area contributed by atoms with Crippen LogP contribution in [-0.2, 0) is 11.3 Å². The van der Waals surface area contributed by atoms with Gasteiger partial charge in [-0.3, -0.25) is 19.7 Å². The number of nitro groups is 1. The van der Waals surface area contributed by atoms with Crippen LogP contribution in [0.4, 0.5) is 11.4 Å². The molecule has 0 spiro atoms. The highest BCUT2D eigenvalue weighted by Crippen LogP contribution is 2.31. The number of carbonyl (C=O) groups excluding carboxylic acids is 2. The van der Waals surface area contributed by atoms with E-state index < -0.39 is 10.8 Å². The molecule has 0 saturated carbocycles. The Balaban J connectivity index is 1.64. The molecule has 34 heavy (non-hydrogen) atoms. The lowest BCUT2D eigenvalue weighted by molar-refractivity contribution is -0.387. The quantitative estimate of drug-likeness (QED) is 0.217. The summed E-state index contributed by atoms with van der Waals surface area (Å²) < 4.78 is 5.20. The third kappa shape index (κ3) is 6.63. The fraction of sp³-hybridized carbons (Fsp3) is 0.130. The van der Waals surface area contributed by atoms with Crippen molar-refractivity contribution in [3.05, 3.63) is 92.0 Å². The molecule has 8 nitrogen and oxygen atoms in total. The predicted octanol–water partition coefficient (Wildman–Crippen LogP) is 5.57. The minimum Gasteiger partial charge on any atom is -0.495 e. The van der Waals surface area contributed by atoms with E-state index in [0.717, 1.165) is 17.3 Å². The van der Waals surface area contributed by atoms with Gasteiger partial charge in [0.15, 0.2) is 0 Å². The van der Waals surface area contributed by atoms with E-state index in [9.17, 15) is 19.7 Å². The number of halogens is 2. The lowest BCUT2D eigenvalue weighted by atomic mass is 10.2. The molecule has 0 aliphatic heterocycles. The Morgan fingerprint density at radius 2 is 1.82 bits per heavy atom. The first kappa shape index (κ1) is 25.4. The SMILES string of the molecule is COc1ccccc1NC(=O)c1ccc(SCC(=O)NCc2ccc(Cl)c(Cl)c2)c([N+](=O)[O-])c1. The van der Waals surface area contributed by atoms with Crippen LogP contribution >= 0.6 is 35.0 Å². The van der Waals surface area contributed by atoms with Gasteiger partial charge in [0, 0.05) is 18.2 Å². The molecule has 0 saturated heterocycles. The summed E-state index contributed by atoms with van der Waals surface area (Å²) in [7, 11) is 1.47. The van der Waals surface area contributed by atoms with Crippen molar-refractivity contribution >= 4 is 58.2 Å². The first-order valence-corrected chi connectivity index (χ1v) is 11.6. The Kier molecular flexibility index (Phi) is 8.75. The number of para-hydroxylation sites is 2. The van der Waals surface area contributed by atoms with E-state index in [2.05, 4.69) is 10.6 Å². The van der Waals surface area contributed by atoms with E-state index in [1.165, 1.54) is 25.3 Å². The van der Waals surface area contributed by atoms with Crippen LogP contribution in [-0.4, -0.2) is 29.6 Å². The van der Waals surface area contributed by atoms with Gasteiger partial charge < -0.3 is 15.4 Å². The highest BCUT2D eigenvalue weighted by molar-refractivity contribution is 8.00. The zero-order chi connectivity index (χ0) is 24.7. The molecule has 2 amide bonds. The lowest BCUT2D eigenvalue weighted by Crippen LogP contribution is -2.24. The number of amides is 2. The molecule has 0 aliphatic rings. The smallest absolute Gasteiger partial charge is 0.283 e. The molecule has 0 fully saturated rings. The molecule has 3 rings (SSSR count). The predicted molar refractivity (Wildman–Crippen MR) is 133 cm³/mol. The molecule has 3 aromatic rings. The zero-order valence-corrected chi connectivity index (χ0v) is 20.2. The number of nitrogens with zero attached hydrogens (tertiary/aromatic N) is 1. The number of rotatable bonds is 9. The summed E-state index contributed by atoms with van der Waals surface area (Å²) in [5.41, 5.74) is 1.04. The number of anilines is 1. The molecule has 0 bridgehead atoms. The van der Waals surface area contributed by atoms with E-state index in [1.54, 1.807) is 42.5 Å². The molecule has 0 aromatic heterocycles. The van der Waals surface area contributed by atoms with Crippen LogP contribution in [0.3, 0.4) is 0 Å². The van der Waals surface area contributed by atoms with Gasteiger partial charge in [-0.2, -0.15) is 0 Å². The molecule has 11 heteroatoms. The number of carbonyl (C=O) groups is 2. The second-order valence-electron chi connectivity index (χ2n) is 6.91. The highest BCUT2D eigenvalue weighted by Gasteiger charge is 2.19. The fourth-order valence-corrected chi connectivity index (χ4v) is 4.07.